The van der Waals surface area contributed by atoms with Gasteiger partial charge >= 0.3 is 5.97 Å². The number of carbonyl (C=O) groups excluding carboxylic acids is 2. The van der Waals surface area contributed by atoms with Crippen molar-refractivity contribution < 1.29 is 28.5 Å². The maximum absolute atomic E-state index is 12.1. The minimum atomic E-state index is -0.441. The van der Waals surface area contributed by atoms with E-state index in [9.17, 15) is 9.59 Å². The van der Waals surface area contributed by atoms with Crippen LogP contribution in [0.15, 0.2) is 30.3 Å². The van der Waals surface area contributed by atoms with Gasteiger partial charge in [-0.25, -0.2) is 4.79 Å². The minimum absolute atomic E-state index is 0.0763. The van der Waals surface area contributed by atoms with Crippen LogP contribution in [0.3, 0.4) is 0 Å². The molecule has 0 fully saturated rings. The van der Waals surface area contributed by atoms with Crippen LogP contribution in [-0.2, 0) is 16.1 Å². The maximum atomic E-state index is 12.1. The molecule has 0 aromatic heterocycles. The number of nitrogens with one attached hydrogen (secondary N) is 1. The Balaban J connectivity index is 1.95. The van der Waals surface area contributed by atoms with Crippen molar-refractivity contribution >= 4 is 11.9 Å². The van der Waals surface area contributed by atoms with Gasteiger partial charge in [0.2, 0.25) is 5.75 Å². The van der Waals surface area contributed by atoms with Crippen molar-refractivity contribution in [2.24, 2.45) is 0 Å². The average molecular weight is 413 g/mol. The largest absolute Gasteiger partial charge is 0.493 e. The summed E-state index contributed by atoms with van der Waals surface area (Å²) in [5.41, 5.74) is 3.17. The first-order valence-electron chi connectivity index (χ1n) is 10.1. The third kappa shape index (κ3) is 4.67. The zero-order valence-corrected chi connectivity index (χ0v) is 17.6. The number of amides is 1. The van der Waals surface area contributed by atoms with Crippen LogP contribution in [0.1, 0.15) is 42.6 Å². The molecule has 0 saturated carbocycles. The first-order chi connectivity index (χ1) is 14.6. The van der Waals surface area contributed by atoms with Crippen molar-refractivity contribution in [3.05, 3.63) is 41.5 Å². The SMILES string of the molecule is CCCCOC(=O)COc1c(-c2ccc3c(c2)CNC3=O)ccc(OC)c1OCC. The molecule has 2 aromatic carbocycles. The van der Waals surface area contributed by atoms with E-state index < -0.39 is 5.97 Å². The van der Waals surface area contributed by atoms with Crippen molar-refractivity contribution in [1.29, 1.82) is 0 Å². The van der Waals surface area contributed by atoms with E-state index in [-0.39, 0.29) is 12.5 Å². The number of benzene rings is 2. The summed E-state index contributed by atoms with van der Waals surface area (Å²) in [5, 5.41) is 2.82. The van der Waals surface area contributed by atoms with Crippen LogP contribution in [0.2, 0.25) is 0 Å². The number of methoxy groups -OCH3 is 1. The van der Waals surface area contributed by atoms with Gasteiger partial charge in [-0.2, -0.15) is 0 Å². The topological polar surface area (TPSA) is 83.1 Å². The van der Waals surface area contributed by atoms with E-state index in [4.69, 9.17) is 18.9 Å². The van der Waals surface area contributed by atoms with Crippen molar-refractivity contribution in [2.45, 2.75) is 33.2 Å². The molecule has 0 atom stereocenters. The molecule has 0 aliphatic carbocycles. The fourth-order valence-electron chi connectivity index (χ4n) is 3.26. The molecule has 0 saturated heterocycles. The number of fused-ring (bicyclic) bond motifs is 1. The molecule has 1 N–H and O–H groups in total. The van der Waals surface area contributed by atoms with Gasteiger partial charge in [0.1, 0.15) is 0 Å². The van der Waals surface area contributed by atoms with Crippen LogP contribution in [0.25, 0.3) is 11.1 Å². The number of rotatable bonds is 10. The van der Waals surface area contributed by atoms with Gasteiger partial charge in [-0.1, -0.05) is 19.4 Å². The van der Waals surface area contributed by atoms with Gasteiger partial charge in [0.05, 0.1) is 20.3 Å². The molecule has 0 unspecified atom stereocenters. The normalized spacial score (nSPS) is 12.2. The smallest absolute Gasteiger partial charge is 0.344 e. The summed E-state index contributed by atoms with van der Waals surface area (Å²) in [6, 6.07) is 9.24. The van der Waals surface area contributed by atoms with Crippen molar-refractivity contribution in [2.75, 3.05) is 26.9 Å². The number of hydrogen-bond donors (Lipinski definition) is 1. The van der Waals surface area contributed by atoms with Crippen molar-refractivity contribution in [3.63, 3.8) is 0 Å². The standard InChI is InChI=1S/C23H27NO6/c1-4-6-11-29-20(25)14-30-21-17(9-10-19(27-3)22(21)28-5-2)15-7-8-18-16(12-15)13-24-23(18)26/h7-10,12H,4-6,11,13-14H2,1-3H3,(H,24,26). The van der Waals surface area contributed by atoms with Crippen molar-refractivity contribution in [1.82, 2.24) is 5.32 Å². The van der Waals surface area contributed by atoms with Gasteiger partial charge in [-0.3, -0.25) is 4.79 Å². The van der Waals surface area contributed by atoms with E-state index >= 15 is 0 Å². The Hall–Kier alpha value is -3.22. The van der Waals surface area contributed by atoms with Gasteiger partial charge in [0.15, 0.2) is 18.1 Å². The summed E-state index contributed by atoms with van der Waals surface area (Å²) in [6.45, 7) is 4.90. The highest BCUT2D eigenvalue weighted by Crippen LogP contribution is 2.45. The molecule has 160 valence electrons. The molecule has 1 heterocycles. The van der Waals surface area contributed by atoms with Crippen LogP contribution in [0.5, 0.6) is 17.2 Å². The van der Waals surface area contributed by atoms with E-state index in [0.717, 1.165) is 29.5 Å². The molecule has 7 nitrogen and oxygen atoms in total. The Morgan fingerprint density at radius 1 is 1.07 bits per heavy atom. The molecule has 7 heteroatoms. The second-order valence-corrected chi connectivity index (χ2v) is 6.82. The van der Waals surface area contributed by atoms with Crippen LogP contribution in [-0.4, -0.2) is 38.8 Å². The van der Waals surface area contributed by atoms with E-state index in [1.54, 1.807) is 19.2 Å². The van der Waals surface area contributed by atoms with E-state index in [2.05, 4.69) is 5.32 Å². The molecule has 3 rings (SSSR count). The summed E-state index contributed by atoms with van der Waals surface area (Å²) in [5.74, 6) is 0.818. The van der Waals surface area contributed by atoms with E-state index in [0.29, 0.717) is 42.6 Å². The first-order valence-corrected chi connectivity index (χ1v) is 10.1. The van der Waals surface area contributed by atoms with Gasteiger partial charge < -0.3 is 24.3 Å². The lowest BCUT2D eigenvalue weighted by atomic mass is 9.99. The number of esters is 1. The monoisotopic (exact) mass is 413 g/mol. The molecule has 2 aromatic rings. The molecule has 0 radical (unpaired) electrons. The first kappa shape index (κ1) is 21.5. The quantitative estimate of drug-likeness (QED) is 0.472. The molecule has 0 bridgehead atoms. The summed E-state index contributed by atoms with van der Waals surface area (Å²) in [6.07, 6.45) is 1.75. The molecule has 1 aliphatic rings. The fraction of sp³-hybridized carbons (Fsp3) is 0.391. The molecular formula is C23H27NO6. The third-order valence-electron chi connectivity index (χ3n) is 4.78. The predicted molar refractivity (Wildman–Crippen MR) is 112 cm³/mol. The third-order valence-corrected chi connectivity index (χ3v) is 4.78. The Kier molecular flexibility index (Phi) is 7.17. The Morgan fingerprint density at radius 2 is 1.87 bits per heavy atom. The van der Waals surface area contributed by atoms with Gasteiger partial charge in [-0.05, 0) is 48.7 Å². The number of unbranched alkanes of at least 4 members (excludes halogenated alkanes) is 1. The van der Waals surface area contributed by atoms with Gasteiger partial charge in [-0.15, -0.1) is 0 Å². The van der Waals surface area contributed by atoms with Gasteiger partial charge in [0.25, 0.3) is 5.91 Å². The number of ether oxygens (including phenoxy) is 4. The highest BCUT2D eigenvalue weighted by atomic mass is 16.6. The molecule has 0 spiro atoms. The zero-order chi connectivity index (χ0) is 21.5. The summed E-state index contributed by atoms with van der Waals surface area (Å²) >= 11 is 0. The average Bonchev–Trinajstić information content (AvgIpc) is 3.13. The van der Waals surface area contributed by atoms with E-state index in [1.165, 1.54) is 0 Å². The molecular weight excluding hydrogens is 386 g/mol. The highest BCUT2D eigenvalue weighted by Gasteiger charge is 2.23. The van der Waals surface area contributed by atoms with Crippen molar-refractivity contribution in [3.8, 4) is 28.4 Å². The number of hydrogen-bond acceptors (Lipinski definition) is 6. The summed E-state index contributed by atoms with van der Waals surface area (Å²) < 4.78 is 22.3. The molecule has 1 aliphatic heterocycles. The zero-order valence-electron chi connectivity index (χ0n) is 17.6. The lowest BCUT2D eigenvalue weighted by molar-refractivity contribution is -0.146. The predicted octanol–water partition coefficient (Wildman–Crippen LogP) is 3.73. The minimum Gasteiger partial charge on any atom is -0.493 e. The van der Waals surface area contributed by atoms with E-state index in [1.807, 2.05) is 32.0 Å². The second kappa shape index (κ2) is 10.0. The molecule has 1 amide bonds. The van der Waals surface area contributed by atoms with Crippen LogP contribution in [0, 0.1) is 0 Å². The lowest BCUT2D eigenvalue weighted by Gasteiger charge is -2.18. The fourth-order valence-corrected chi connectivity index (χ4v) is 3.26. The lowest BCUT2D eigenvalue weighted by Crippen LogP contribution is -2.16. The van der Waals surface area contributed by atoms with Crippen LogP contribution >= 0.6 is 0 Å². The number of carbonyl (C=O) groups is 2. The Labute approximate surface area is 176 Å². The summed E-state index contributed by atoms with van der Waals surface area (Å²) in [4.78, 5) is 24.0. The van der Waals surface area contributed by atoms with Gasteiger partial charge in [0, 0.05) is 17.7 Å². The highest BCUT2D eigenvalue weighted by molar-refractivity contribution is 5.99. The molecule has 30 heavy (non-hydrogen) atoms. The second-order valence-electron chi connectivity index (χ2n) is 6.82. The summed E-state index contributed by atoms with van der Waals surface area (Å²) in [7, 11) is 1.55. The maximum Gasteiger partial charge on any atom is 0.344 e. The van der Waals surface area contributed by atoms with Crippen LogP contribution in [0.4, 0.5) is 0 Å². The Bertz CT molecular complexity index is 924. The Morgan fingerprint density at radius 3 is 2.60 bits per heavy atom. The van der Waals surface area contributed by atoms with Crippen LogP contribution < -0.4 is 19.5 Å².